The molecule has 3 rings (SSSR count). The SMILES string of the molecule is CC(C)(C)C1CN(c2ncccc2C(F)(F)F)CCN1C(=O)Nc1ccc(C(F)(F)F)cc1. The highest BCUT2D eigenvalue weighted by Gasteiger charge is 2.41. The molecule has 1 saturated heterocycles. The molecule has 1 aliphatic heterocycles. The maximum atomic E-state index is 13.5. The minimum Gasteiger partial charge on any atom is -0.352 e. The molecule has 1 fully saturated rings. The van der Waals surface area contributed by atoms with Gasteiger partial charge in [-0.05, 0) is 41.8 Å². The Hall–Kier alpha value is -2.98. The molecule has 2 amide bonds. The lowest BCUT2D eigenvalue weighted by atomic mass is 9.84. The Kier molecular flexibility index (Phi) is 6.54. The number of pyridine rings is 1. The Labute approximate surface area is 187 Å². The lowest BCUT2D eigenvalue weighted by molar-refractivity contribution is -0.138. The normalized spacial score (nSPS) is 17.8. The number of amides is 2. The lowest BCUT2D eigenvalue weighted by Gasteiger charge is -2.47. The molecule has 5 nitrogen and oxygen atoms in total. The highest BCUT2D eigenvalue weighted by atomic mass is 19.4. The van der Waals surface area contributed by atoms with Gasteiger partial charge in [0.05, 0.1) is 17.2 Å². The van der Waals surface area contributed by atoms with Crippen LogP contribution in [0.1, 0.15) is 31.9 Å². The number of nitrogens with zero attached hydrogens (tertiary/aromatic N) is 3. The standard InChI is InChI=1S/C22H24F6N4O/c1-20(2,3)17-13-31(18-16(22(26,27)28)5-4-10-29-18)11-12-32(17)19(33)30-15-8-6-14(7-9-15)21(23,24)25/h4-10,17H,11-13H2,1-3H3,(H,30,33). The number of halogens is 6. The molecular weight excluding hydrogens is 450 g/mol. The van der Waals surface area contributed by atoms with Gasteiger partial charge in [0.25, 0.3) is 0 Å². The van der Waals surface area contributed by atoms with Crippen molar-refractivity contribution in [1.29, 1.82) is 0 Å². The van der Waals surface area contributed by atoms with Crippen molar-refractivity contribution in [2.45, 2.75) is 39.2 Å². The molecule has 0 aliphatic carbocycles. The summed E-state index contributed by atoms with van der Waals surface area (Å²) in [7, 11) is 0. The van der Waals surface area contributed by atoms with Crippen LogP contribution in [0.3, 0.4) is 0 Å². The van der Waals surface area contributed by atoms with Crippen LogP contribution in [-0.2, 0) is 12.4 Å². The average molecular weight is 474 g/mol. The van der Waals surface area contributed by atoms with Crippen LogP contribution in [0.2, 0.25) is 0 Å². The summed E-state index contributed by atoms with van der Waals surface area (Å²) in [5.41, 5.74) is -1.99. The molecule has 1 N–H and O–H groups in total. The first-order valence-electron chi connectivity index (χ1n) is 10.2. The summed E-state index contributed by atoms with van der Waals surface area (Å²) >= 11 is 0. The van der Waals surface area contributed by atoms with Gasteiger partial charge in [0.15, 0.2) is 0 Å². The molecular formula is C22H24F6N4O. The van der Waals surface area contributed by atoms with Crippen molar-refractivity contribution < 1.29 is 31.1 Å². The second-order valence-corrected chi connectivity index (χ2v) is 8.90. The third-order valence-electron chi connectivity index (χ3n) is 5.50. The fraction of sp³-hybridized carbons (Fsp3) is 0.455. The van der Waals surface area contributed by atoms with Crippen LogP contribution in [0.5, 0.6) is 0 Å². The first-order valence-corrected chi connectivity index (χ1v) is 10.2. The molecule has 1 atom stereocenters. The van der Waals surface area contributed by atoms with Crippen LogP contribution >= 0.6 is 0 Å². The Morgan fingerprint density at radius 3 is 2.15 bits per heavy atom. The number of nitrogens with one attached hydrogen (secondary N) is 1. The molecule has 0 spiro atoms. The van der Waals surface area contributed by atoms with Crippen LogP contribution < -0.4 is 10.2 Å². The number of aromatic nitrogens is 1. The van der Waals surface area contributed by atoms with Gasteiger partial charge >= 0.3 is 18.4 Å². The Balaban J connectivity index is 1.80. The monoisotopic (exact) mass is 474 g/mol. The largest absolute Gasteiger partial charge is 0.419 e. The molecule has 0 radical (unpaired) electrons. The number of hydrogen-bond donors (Lipinski definition) is 1. The topological polar surface area (TPSA) is 48.5 Å². The molecule has 33 heavy (non-hydrogen) atoms. The molecule has 1 aliphatic rings. The van der Waals surface area contributed by atoms with E-state index in [4.69, 9.17) is 0 Å². The van der Waals surface area contributed by atoms with Gasteiger partial charge in [-0.1, -0.05) is 20.8 Å². The number of piperazine rings is 1. The van der Waals surface area contributed by atoms with Crippen LogP contribution in [0, 0.1) is 5.41 Å². The van der Waals surface area contributed by atoms with Crippen molar-refractivity contribution in [3.63, 3.8) is 0 Å². The maximum absolute atomic E-state index is 13.5. The van der Waals surface area contributed by atoms with E-state index in [1.54, 1.807) is 0 Å². The van der Waals surface area contributed by atoms with E-state index in [1.165, 1.54) is 22.1 Å². The van der Waals surface area contributed by atoms with E-state index in [0.29, 0.717) is 0 Å². The molecule has 2 aromatic rings. The molecule has 1 aromatic heterocycles. The zero-order valence-corrected chi connectivity index (χ0v) is 18.3. The average Bonchev–Trinajstić information content (AvgIpc) is 2.72. The second kappa shape index (κ2) is 8.75. The minimum absolute atomic E-state index is 0.113. The van der Waals surface area contributed by atoms with Crippen molar-refractivity contribution in [3.8, 4) is 0 Å². The molecule has 11 heteroatoms. The van der Waals surface area contributed by atoms with Gasteiger partial charge in [0, 0.05) is 31.5 Å². The summed E-state index contributed by atoms with van der Waals surface area (Å²) in [5, 5.41) is 2.59. The van der Waals surface area contributed by atoms with Crippen LogP contribution in [0.25, 0.3) is 0 Å². The van der Waals surface area contributed by atoms with Crippen molar-refractivity contribution in [2.24, 2.45) is 5.41 Å². The fourth-order valence-electron chi connectivity index (χ4n) is 3.77. The summed E-state index contributed by atoms with van der Waals surface area (Å²) < 4.78 is 78.7. The zero-order chi connectivity index (χ0) is 24.6. The summed E-state index contributed by atoms with van der Waals surface area (Å²) in [6.07, 6.45) is -7.77. The van der Waals surface area contributed by atoms with Gasteiger partial charge in [-0.3, -0.25) is 0 Å². The van der Waals surface area contributed by atoms with Gasteiger partial charge in [0.1, 0.15) is 5.82 Å². The Bertz CT molecular complexity index is 982. The van der Waals surface area contributed by atoms with E-state index in [2.05, 4.69) is 10.3 Å². The molecule has 2 heterocycles. The van der Waals surface area contributed by atoms with E-state index < -0.39 is 41.0 Å². The van der Waals surface area contributed by atoms with Crippen molar-refractivity contribution >= 4 is 17.5 Å². The fourth-order valence-corrected chi connectivity index (χ4v) is 3.77. The first-order chi connectivity index (χ1) is 15.2. The van der Waals surface area contributed by atoms with E-state index in [-0.39, 0.29) is 31.1 Å². The third kappa shape index (κ3) is 5.69. The summed E-state index contributed by atoms with van der Waals surface area (Å²) in [6, 6.07) is 5.23. The summed E-state index contributed by atoms with van der Waals surface area (Å²) in [4.78, 5) is 19.9. The zero-order valence-electron chi connectivity index (χ0n) is 18.3. The van der Waals surface area contributed by atoms with E-state index in [1.807, 2.05) is 20.8 Å². The molecule has 0 bridgehead atoms. The number of anilines is 2. The number of hydrogen-bond acceptors (Lipinski definition) is 3. The Morgan fingerprint density at radius 1 is 0.970 bits per heavy atom. The highest BCUT2D eigenvalue weighted by molar-refractivity contribution is 5.89. The first kappa shape index (κ1) is 24.7. The number of carbonyl (C=O) groups is 1. The minimum atomic E-state index is -4.57. The summed E-state index contributed by atoms with van der Waals surface area (Å²) in [6.45, 7) is 5.94. The molecule has 1 unspecified atom stereocenters. The van der Waals surface area contributed by atoms with Crippen LogP contribution in [0.4, 0.5) is 42.6 Å². The van der Waals surface area contributed by atoms with E-state index in [0.717, 1.165) is 30.3 Å². The predicted octanol–water partition coefficient (Wildman–Crippen LogP) is 5.89. The van der Waals surface area contributed by atoms with Gasteiger partial charge in [-0.15, -0.1) is 0 Å². The van der Waals surface area contributed by atoms with Gasteiger partial charge in [0.2, 0.25) is 0 Å². The summed E-state index contributed by atoms with van der Waals surface area (Å²) in [5.74, 6) is -0.193. The Morgan fingerprint density at radius 2 is 1.61 bits per heavy atom. The molecule has 180 valence electrons. The van der Waals surface area contributed by atoms with Gasteiger partial charge in [-0.2, -0.15) is 26.3 Å². The highest BCUT2D eigenvalue weighted by Crippen LogP contribution is 2.37. The van der Waals surface area contributed by atoms with Crippen molar-refractivity contribution in [1.82, 2.24) is 9.88 Å². The second-order valence-electron chi connectivity index (χ2n) is 8.90. The van der Waals surface area contributed by atoms with Crippen molar-refractivity contribution in [3.05, 3.63) is 53.7 Å². The predicted molar refractivity (Wildman–Crippen MR) is 112 cm³/mol. The van der Waals surface area contributed by atoms with Gasteiger partial charge < -0.3 is 15.1 Å². The van der Waals surface area contributed by atoms with Crippen molar-refractivity contribution in [2.75, 3.05) is 29.9 Å². The number of urea groups is 1. The molecule has 1 aromatic carbocycles. The van der Waals surface area contributed by atoms with E-state index >= 15 is 0 Å². The number of carbonyl (C=O) groups excluding carboxylic acids is 1. The van der Waals surface area contributed by atoms with Crippen LogP contribution in [0.15, 0.2) is 42.6 Å². The molecule has 0 saturated carbocycles. The number of alkyl halides is 6. The number of benzene rings is 1. The van der Waals surface area contributed by atoms with Crippen LogP contribution in [-0.4, -0.2) is 41.6 Å². The number of rotatable bonds is 2. The van der Waals surface area contributed by atoms with Gasteiger partial charge in [-0.25, -0.2) is 9.78 Å². The lowest BCUT2D eigenvalue weighted by Crippen LogP contribution is -2.61. The smallest absolute Gasteiger partial charge is 0.352 e. The maximum Gasteiger partial charge on any atom is 0.419 e. The van der Waals surface area contributed by atoms with E-state index in [9.17, 15) is 31.1 Å². The quantitative estimate of drug-likeness (QED) is 0.553. The third-order valence-corrected chi connectivity index (χ3v) is 5.50.